The highest BCUT2D eigenvalue weighted by Gasteiger charge is 2.15. The molecule has 0 saturated heterocycles. The minimum atomic E-state index is 0.479. The number of nitrogens with two attached hydrogens (primary N) is 1. The van der Waals surface area contributed by atoms with E-state index in [1.165, 1.54) is 30.5 Å². The molecule has 2 nitrogen and oxygen atoms in total. The molecule has 0 amide bonds. The molecule has 0 fully saturated rings. The van der Waals surface area contributed by atoms with Crippen LogP contribution >= 0.6 is 11.6 Å². The lowest BCUT2D eigenvalue weighted by molar-refractivity contribution is 0.623. The third-order valence-corrected chi connectivity index (χ3v) is 3.78. The fraction of sp³-hybridized carbons (Fsp3) is 0.625. The van der Waals surface area contributed by atoms with E-state index in [0.717, 1.165) is 18.0 Å². The van der Waals surface area contributed by atoms with Gasteiger partial charge in [-0.25, -0.2) is 0 Å². The lowest BCUT2D eigenvalue weighted by atomic mass is 10.1. The van der Waals surface area contributed by atoms with Crippen molar-refractivity contribution in [3.05, 3.63) is 28.8 Å². The number of unbranched alkanes of at least 4 members (excludes halogenated alkanes) is 2. The zero-order chi connectivity index (χ0) is 14.3. The highest BCUT2D eigenvalue weighted by atomic mass is 35.5. The molecule has 2 N–H and O–H groups in total. The number of hydrogen-bond acceptors (Lipinski definition) is 2. The molecule has 0 aromatic heterocycles. The monoisotopic (exact) mass is 282 g/mol. The molecule has 0 spiro atoms. The van der Waals surface area contributed by atoms with Gasteiger partial charge < -0.3 is 10.6 Å². The van der Waals surface area contributed by atoms with Gasteiger partial charge in [-0.15, -0.1) is 0 Å². The minimum absolute atomic E-state index is 0.479. The summed E-state index contributed by atoms with van der Waals surface area (Å²) < 4.78 is 0. The van der Waals surface area contributed by atoms with Gasteiger partial charge in [-0.2, -0.15) is 0 Å². The molecule has 0 aliphatic carbocycles. The lowest BCUT2D eigenvalue weighted by Gasteiger charge is -2.31. The van der Waals surface area contributed by atoms with E-state index in [-0.39, 0.29) is 0 Å². The molecule has 0 heterocycles. The highest BCUT2D eigenvalue weighted by molar-refractivity contribution is 6.31. The van der Waals surface area contributed by atoms with Crippen molar-refractivity contribution < 1.29 is 0 Å². The Morgan fingerprint density at radius 3 is 2.58 bits per heavy atom. The van der Waals surface area contributed by atoms with Crippen LogP contribution in [0.2, 0.25) is 5.02 Å². The van der Waals surface area contributed by atoms with Crippen LogP contribution in [0.15, 0.2) is 18.2 Å². The van der Waals surface area contributed by atoms with Gasteiger partial charge in [0, 0.05) is 23.3 Å². The Labute approximate surface area is 122 Å². The second-order valence-corrected chi connectivity index (χ2v) is 5.68. The maximum Gasteiger partial charge on any atom is 0.0459 e. The number of halogens is 1. The normalized spacial score (nSPS) is 11.1. The van der Waals surface area contributed by atoms with E-state index >= 15 is 0 Å². The standard InChI is InChI=1S/C16H27ClN2/c1-4-5-6-12-19(13(2)3)16-9-7-8-15(17)14(16)10-11-18/h7-9,13H,4-6,10-12,18H2,1-3H3. The molecule has 108 valence electrons. The fourth-order valence-corrected chi connectivity index (χ4v) is 2.66. The van der Waals surface area contributed by atoms with E-state index in [1.807, 2.05) is 12.1 Å². The molecule has 0 aliphatic heterocycles. The molecule has 1 aromatic carbocycles. The van der Waals surface area contributed by atoms with Crippen LogP contribution in [-0.2, 0) is 6.42 Å². The third kappa shape index (κ3) is 4.70. The van der Waals surface area contributed by atoms with Gasteiger partial charge in [0.25, 0.3) is 0 Å². The largest absolute Gasteiger partial charge is 0.369 e. The number of hydrogen-bond donors (Lipinski definition) is 1. The Kier molecular flexibility index (Phi) is 7.25. The zero-order valence-corrected chi connectivity index (χ0v) is 13.2. The van der Waals surface area contributed by atoms with Gasteiger partial charge in [0.15, 0.2) is 0 Å². The predicted octanol–water partition coefficient (Wildman–Crippen LogP) is 4.25. The van der Waals surface area contributed by atoms with Gasteiger partial charge in [0.05, 0.1) is 0 Å². The van der Waals surface area contributed by atoms with Crippen LogP contribution in [0.5, 0.6) is 0 Å². The van der Waals surface area contributed by atoms with Crippen molar-refractivity contribution in [2.24, 2.45) is 5.73 Å². The number of benzene rings is 1. The molecule has 0 unspecified atom stereocenters. The lowest BCUT2D eigenvalue weighted by Crippen LogP contribution is -2.32. The van der Waals surface area contributed by atoms with Crippen molar-refractivity contribution >= 4 is 17.3 Å². The molecular weight excluding hydrogens is 256 g/mol. The maximum atomic E-state index is 6.34. The van der Waals surface area contributed by atoms with Crippen molar-refractivity contribution in [1.29, 1.82) is 0 Å². The first-order valence-corrected chi connectivity index (χ1v) is 7.73. The Morgan fingerprint density at radius 1 is 1.26 bits per heavy atom. The van der Waals surface area contributed by atoms with Crippen LogP contribution in [0.3, 0.4) is 0 Å². The minimum Gasteiger partial charge on any atom is -0.369 e. The second kappa shape index (κ2) is 8.44. The molecule has 0 bridgehead atoms. The fourth-order valence-electron chi connectivity index (χ4n) is 2.40. The van der Waals surface area contributed by atoms with E-state index in [4.69, 9.17) is 17.3 Å². The molecular formula is C16H27ClN2. The number of anilines is 1. The summed E-state index contributed by atoms with van der Waals surface area (Å²) in [6, 6.07) is 6.64. The molecule has 0 saturated carbocycles. The summed E-state index contributed by atoms with van der Waals surface area (Å²) in [6.45, 7) is 8.43. The predicted molar refractivity (Wildman–Crippen MR) is 86.2 cm³/mol. The van der Waals surface area contributed by atoms with E-state index in [0.29, 0.717) is 12.6 Å². The van der Waals surface area contributed by atoms with Crippen LogP contribution in [0, 0.1) is 0 Å². The first-order chi connectivity index (χ1) is 9.11. The van der Waals surface area contributed by atoms with Crippen LogP contribution in [0.1, 0.15) is 45.6 Å². The third-order valence-electron chi connectivity index (χ3n) is 3.42. The molecule has 0 aliphatic rings. The number of rotatable bonds is 8. The van der Waals surface area contributed by atoms with Gasteiger partial charge in [-0.05, 0) is 50.9 Å². The van der Waals surface area contributed by atoms with Crippen molar-refractivity contribution in [2.45, 2.75) is 52.5 Å². The summed E-state index contributed by atoms with van der Waals surface area (Å²) in [4.78, 5) is 2.45. The first kappa shape index (κ1) is 16.3. The van der Waals surface area contributed by atoms with Crippen molar-refractivity contribution in [1.82, 2.24) is 0 Å². The van der Waals surface area contributed by atoms with Gasteiger partial charge in [0.2, 0.25) is 0 Å². The Morgan fingerprint density at radius 2 is 2.00 bits per heavy atom. The summed E-state index contributed by atoms with van der Waals surface area (Å²) >= 11 is 6.34. The maximum absolute atomic E-state index is 6.34. The van der Waals surface area contributed by atoms with Gasteiger partial charge in [-0.1, -0.05) is 37.4 Å². The first-order valence-electron chi connectivity index (χ1n) is 7.35. The topological polar surface area (TPSA) is 29.3 Å². The highest BCUT2D eigenvalue weighted by Crippen LogP contribution is 2.29. The summed E-state index contributed by atoms with van der Waals surface area (Å²) in [6.07, 6.45) is 4.59. The summed E-state index contributed by atoms with van der Waals surface area (Å²) in [5.41, 5.74) is 8.16. The van der Waals surface area contributed by atoms with Gasteiger partial charge >= 0.3 is 0 Å². The quantitative estimate of drug-likeness (QED) is 0.723. The van der Waals surface area contributed by atoms with Crippen LogP contribution in [-0.4, -0.2) is 19.1 Å². The van der Waals surface area contributed by atoms with Gasteiger partial charge in [-0.3, -0.25) is 0 Å². The average Bonchev–Trinajstić information content (AvgIpc) is 2.37. The molecule has 0 radical (unpaired) electrons. The van der Waals surface area contributed by atoms with Crippen molar-refractivity contribution in [3.63, 3.8) is 0 Å². The summed E-state index contributed by atoms with van der Waals surface area (Å²) in [5.74, 6) is 0. The summed E-state index contributed by atoms with van der Waals surface area (Å²) in [7, 11) is 0. The van der Waals surface area contributed by atoms with E-state index < -0.39 is 0 Å². The van der Waals surface area contributed by atoms with Crippen LogP contribution < -0.4 is 10.6 Å². The van der Waals surface area contributed by atoms with E-state index in [1.54, 1.807) is 0 Å². The van der Waals surface area contributed by atoms with Gasteiger partial charge in [0.1, 0.15) is 0 Å². The van der Waals surface area contributed by atoms with Crippen LogP contribution in [0.25, 0.3) is 0 Å². The summed E-state index contributed by atoms with van der Waals surface area (Å²) in [5, 5.41) is 0.837. The Bertz CT molecular complexity index is 377. The van der Waals surface area contributed by atoms with E-state index in [9.17, 15) is 0 Å². The molecule has 3 heteroatoms. The number of nitrogens with zero attached hydrogens (tertiary/aromatic N) is 1. The SMILES string of the molecule is CCCCCN(c1cccc(Cl)c1CCN)C(C)C. The molecule has 0 atom stereocenters. The van der Waals surface area contributed by atoms with Crippen molar-refractivity contribution in [3.8, 4) is 0 Å². The smallest absolute Gasteiger partial charge is 0.0459 e. The molecule has 19 heavy (non-hydrogen) atoms. The van der Waals surface area contributed by atoms with Crippen LogP contribution in [0.4, 0.5) is 5.69 Å². The van der Waals surface area contributed by atoms with Crippen molar-refractivity contribution in [2.75, 3.05) is 18.0 Å². The Hall–Kier alpha value is -0.730. The Balaban J connectivity index is 2.97. The van der Waals surface area contributed by atoms with E-state index in [2.05, 4.69) is 31.7 Å². The zero-order valence-electron chi connectivity index (χ0n) is 12.5. The molecule has 1 aromatic rings. The molecule has 1 rings (SSSR count). The second-order valence-electron chi connectivity index (χ2n) is 5.27. The average molecular weight is 283 g/mol.